The lowest BCUT2D eigenvalue weighted by atomic mass is 10.1. The van der Waals surface area contributed by atoms with Crippen molar-refractivity contribution in [1.82, 2.24) is 9.97 Å². The van der Waals surface area contributed by atoms with Crippen molar-refractivity contribution in [2.45, 2.75) is 26.3 Å². The van der Waals surface area contributed by atoms with Crippen LogP contribution in [0.2, 0.25) is 0 Å². The molecule has 1 N–H and O–H groups in total. The van der Waals surface area contributed by atoms with Gasteiger partial charge < -0.3 is 10.2 Å². The maximum atomic E-state index is 13.4. The van der Waals surface area contributed by atoms with Gasteiger partial charge in [0.05, 0.1) is 0 Å². The number of nitrogens with zero attached hydrogens (tertiary/aromatic N) is 3. The van der Waals surface area contributed by atoms with Crippen molar-refractivity contribution in [2.75, 3.05) is 10.2 Å². The summed E-state index contributed by atoms with van der Waals surface area (Å²) >= 11 is 0. The Morgan fingerprint density at radius 1 is 1.04 bits per heavy atom. The summed E-state index contributed by atoms with van der Waals surface area (Å²) in [7, 11) is 0. The molecule has 2 aromatic carbocycles. The van der Waals surface area contributed by atoms with Crippen molar-refractivity contribution >= 4 is 23.1 Å². The fourth-order valence-electron chi connectivity index (χ4n) is 3.35. The van der Waals surface area contributed by atoms with Crippen LogP contribution in [0.5, 0.6) is 0 Å². The lowest BCUT2D eigenvalue weighted by molar-refractivity contribution is 0.509. The van der Waals surface area contributed by atoms with Gasteiger partial charge in [0.25, 0.3) is 0 Å². The maximum Gasteiger partial charge on any atom is 0.229 e. The molecule has 0 bridgehead atoms. The molecule has 0 saturated carbocycles. The highest BCUT2D eigenvalue weighted by atomic mass is 19.2. The van der Waals surface area contributed by atoms with Crippen LogP contribution in [-0.2, 0) is 6.42 Å². The number of aryl methyl sites for hydroxylation is 1. The molecule has 1 aliphatic heterocycles. The minimum absolute atomic E-state index is 0.276. The van der Waals surface area contributed by atoms with Gasteiger partial charge in [0, 0.05) is 35.2 Å². The van der Waals surface area contributed by atoms with Crippen LogP contribution in [0.15, 0.2) is 48.5 Å². The molecule has 1 aromatic heterocycles. The number of rotatable bonds is 3. The quantitative estimate of drug-likeness (QED) is 0.729. The highest BCUT2D eigenvalue weighted by Gasteiger charge is 2.28. The van der Waals surface area contributed by atoms with Crippen LogP contribution in [0.3, 0.4) is 0 Å². The number of benzene rings is 2. The van der Waals surface area contributed by atoms with E-state index in [0.29, 0.717) is 11.6 Å². The molecule has 1 aliphatic rings. The van der Waals surface area contributed by atoms with Gasteiger partial charge in [-0.05, 0) is 44.0 Å². The molecule has 2 heterocycles. The van der Waals surface area contributed by atoms with E-state index in [1.165, 1.54) is 11.6 Å². The van der Waals surface area contributed by atoms with Crippen LogP contribution in [0.1, 0.15) is 18.2 Å². The van der Waals surface area contributed by atoms with Crippen molar-refractivity contribution in [3.8, 4) is 0 Å². The van der Waals surface area contributed by atoms with Crippen LogP contribution < -0.4 is 10.2 Å². The Labute approximate surface area is 150 Å². The van der Waals surface area contributed by atoms with Gasteiger partial charge in [-0.15, -0.1) is 0 Å². The van der Waals surface area contributed by atoms with Gasteiger partial charge >= 0.3 is 0 Å². The Kier molecular flexibility index (Phi) is 4.03. The molecule has 4 rings (SSSR count). The Bertz CT molecular complexity index is 974. The summed E-state index contributed by atoms with van der Waals surface area (Å²) in [6.07, 6.45) is 0.950. The number of hydrogen-bond acceptors (Lipinski definition) is 4. The number of hydrogen-bond donors (Lipinski definition) is 1. The van der Waals surface area contributed by atoms with Crippen LogP contribution >= 0.6 is 0 Å². The van der Waals surface area contributed by atoms with E-state index in [2.05, 4.69) is 39.2 Å². The van der Waals surface area contributed by atoms with Crippen molar-refractivity contribution in [3.05, 3.63) is 71.4 Å². The van der Waals surface area contributed by atoms with Gasteiger partial charge in [0.15, 0.2) is 11.6 Å². The molecule has 132 valence electrons. The molecule has 6 heteroatoms. The number of halogens is 2. The predicted molar refractivity (Wildman–Crippen MR) is 98.2 cm³/mol. The van der Waals surface area contributed by atoms with Crippen molar-refractivity contribution in [2.24, 2.45) is 0 Å². The number of para-hydroxylation sites is 1. The fraction of sp³-hybridized carbons (Fsp3) is 0.200. The predicted octanol–water partition coefficient (Wildman–Crippen LogP) is 4.89. The molecule has 0 fully saturated rings. The SMILES string of the molecule is Cc1cc(N2c3ccccc3CC2C)nc(Nc2ccc(F)c(F)c2)n1. The van der Waals surface area contributed by atoms with Gasteiger partial charge in [-0.2, -0.15) is 4.98 Å². The van der Waals surface area contributed by atoms with Crippen molar-refractivity contribution in [1.29, 1.82) is 0 Å². The average molecular weight is 352 g/mol. The topological polar surface area (TPSA) is 41.1 Å². The third kappa shape index (κ3) is 2.98. The zero-order chi connectivity index (χ0) is 18.3. The standard InChI is InChI=1S/C20H18F2N4/c1-12-9-19(26-13(2)10-14-5-3-4-6-18(14)26)25-20(23-12)24-15-7-8-16(21)17(22)11-15/h3-9,11,13H,10H2,1-2H3,(H,23,24,25). The lowest BCUT2D eigenvalue weighted by Gasteiger charge is -2.24. The molecule has 4 nitrogen and oxygen atoms in total. The molecular weight excluding hydrogens is 334 g/mol. The molecular formula is C20H18F2N4. The van der Waals surface area contributed by atoms with Crippen molar-refractivity contribution in [3.63, 3.8) is 0 Å². The first-order chi connectivity index (χ1) is 12.5. The lowest BCUT2D eigenvalue weighted by Crippen LogP contribution is -2.25. The molecule has 3 aromatic rings. The van der Waals surface area contributed by atoms with E-state index >= 15 is 0 Å². The third-order valence-electron chi connectivity index (χ3n) is 4.47. The Morgan fingerprint density at radius 2 is 1.85 bits per heavy atom. The Hall–Kier alpha value is -3.02. The van der Waals surface area contributed by atoms with Crippen molar-refractivity contribution < 1.29 is 8.78 Å². The minimum atomic E-state index is -0.912. The summed E-state index contributed by atoms with van der Waals surface area (Å²) in [6, 6.07) is 14.1. The van der Waals surface area contributed by atoms with E-state index in [4.69, 9.17) is 0 Å². The van der Waals surface area contributed by atoms with Gasteiger partial charge in [-0.3, -0.25) is 0 Å². The zero-order valence-electron chi connectivity index (χ0n) is 14.5. The summed E-state index contributed by atoms with van der Waals surface area (Å²) in [6.45, 7) is 4.04. The van der Waals surface area contributed by atoms with Crippen LogP contribution in [0, 0.1) is 18.6 Å². The monoisotopic (exact) mass is 352 g/mol. The molecule has 0 radical (unpaired) electrons. The third-order valence-corrected chi connectivity index (χ3v) is 4.47. The number of nitrogens with one attached hydrogen (secondary N) is 1. The first kappa shape index (κ1) is 16.4. The van der Waals surface area contributed by atoms with E-state index in [-0.39, 0.29) is 6.04 Å². The fourth-order valence-corrected chi connectivity index (χ4v) is 3.35. The summed E-state index contributed by atoms with van der Waals surface area (Å²) in [5.74, 6) is -0.670. The second-order valence-corrected chi connectivity index (χ2v) is 6.50. The highest BCUT2D eigenvalue weighted by molar-refractivity contribution is 5.70. The highest BCUT2D eigenvalue weighted by Crippen LogP contribution is 2.37. The van der Waals surface area contributed by atoms with Gasteiger partial charge in [0.1, 0.15) is 5.82 Å². The summed E-state index contributed by atoms with van der Waals surface area (Å²) < 4.78 is 26.6. The molecule has 0 amide bonds. The first-order valence-corrected chi connectivity index (χ1v) is 8.46. The van der Waals surface area contributed by atoms with E-state index in [1.807, 2.05) is 25.1 Å². The molecule has 1 atom stereocenters. The molecule has 0 saturated heterocycles. The smallest absolute Gasteiger partial charge is 0.229 e. The van der Waals surface area contributed by atoms with E-state index in [1.54, 1.807) is 0 Å². The van der Waals surface area contributed by atoms with Gasteiger partial charge in [-0.1, -0.05) is 18.2 Å². The van der Waals surface area contributed by atoms with Gasteiger partial charge in [0.2, 0.25) is 5.95 Å². The summed E-state index contributed by atoms with van der Waals surface area (Å²) in [4.78, 5) is 11.1. The Morgan fingerprint density at radius 3 is 2.65 bits per heavy atom. The second-order valence-electron chi connectivity index (χ2n) is 6.50. The van der Waals surface area contributed by atoms with Crippen LogP contribution in [0.4, 0.5) is 31.9 Å². The zero-order valence-corrected chi connectivity index (χ0v) is 14.5. The number of fused-ring (bicyclic) bond motifs is 1. The summed E-state index contributed by atoms with van der Waals surface area (Å²) in [5.41, 5.74) is 3.61. The Balaban J connectivity index is 1.70. The number of anilines is 4. The minimum Gasteiger partial charge on any atom is -0.324 e. The van der Waals surface area contributed by atoms with Crippen LogP contribution in [0.25, 0.3) is 0 Å². The first-order valence-electron chi connectivity index (χ1n) is 8.46. The average Bonchev–Trinajstić information content (AvgIpc) is 2.93. The largest absolute Gasteiger partial charge is 0.324 e. The normalized spacial score (nSPS) is 15.8. The molecule has 26 heavy (non-hydrogen) atoms. The maximum absolute atomic E-state index is 13.4. The molecule has 1 unspecified atom stereocenters. The van der Waals surface area contributed by atoms with E-state index in [9.17, 15) is 8.78 Å². The second kappa shape index (κ2) is 6.37. The number of aromatic nitrogens is 2. The van der Waals surface area contributed by atoms with Gasteiger partial charge in [-0.25, -0.2) is 13.8 Å². The van der Waals surface area contributed by atoms with E-state index in [0.717, 1.165) is 35.8 Å². The summed E-state index contributed by atoms with van der Waals surface area (Å²) in [5, 5.41) is 2.96. The van der Waals surface area contributed by atoms with Crippen LogP contribution in [-0.4, -0.2) is 16.0 Å². The van der Waals surface area contributed by atoms with E-state index < -0.39 is 11.6 Å². The molecule has 0 spiro atoms. The molecule has 0 aliphatic carbocycles.